The lowest BCUT2D eigenvalue weighted by atomic mass is 10.1. The Morgan fingerprint density at radius 3 is 2.87 bits per heavy atom. The van der Waals surface area contributed by atoms with Crippen LogP contribution < -0.4 is 5.73 Å². The molecule has 0 heterocycles. The molecule has 0 saturated carbocycles. The van der Waals surface area contributed by atoms with Gasteiger partial charge in [-0.15, -0.1) is 11.8 Å². The number of oxime groups is 1. The molecular formula is C10H14N2O2S. The summed E-state index contributed by atoms with van der Waals surface area (Å²) in [5, 5.41) is 20.4. The molecule has 0 fully saturated rings. The summed E-state index contributed by atoms with van der Waals surface area (Å²) < 4.78 is 0. The van der Waals surface area contributed by atoms with Gasteiger partial charge in [0, 0.05) is 16.2 Å². The summed E-state index contributed by atoms with van der Waals surface area (Å²) in [6, 6.07) is 5.71. The molecule has 0 aromatic heterocycles. The Morgan fingerprint density at radius 2 is 2.27 bits per heavy atom. The van der Waals surface area contributed by atoms with Gasteiger partial charge in [0.2, 0.25) is 0 Å². The predicted molar refractivity (Wildman–Crippen MR) is 61.5 cm³/mol. The maximum atomic E-state index is 8.74. The van der Waals surface area contributed by atoms with Crippen molar-refractivity contribution in [2.24, 2.45) is 10.9 Å². The van der Waals surface area contributed by atoms with Crippen molar-refractivity contribution in [2.45, 2.75) is 11.8 Å². The van der Waals surface area contributed by atoms with Crippen LogP contribution >= 0.6 is 11.8 Å². The third kappa shape index (κ3) is 3.14. The van der Waals surface area contributed by atoms with E-state index in [2.05, 4.69) is 5.16 Å². The zero-order valence-corrected chi connectivity index (χ0v) is 9.29. The van der Waals surface area contributed by atoms with Crippen LogP contribution in [0.4, 0.5) is 0 Å². The third-order valence-electron chi connectivity index (χ3n) is 1.87. The second-order valence-corrected chi connectivity index (χ2v) is 4.19. The van der Waals surface area contributed by atoms with Crippen LogP contribution in [-0.2, 0) is 0 Å². The number of hydrogen-bond donors (Lipinski definition) is 3. The van der Waals surface area contributed by atoms with Gasteiger partial charge in [-0.1, -0.05) is 16.8 Å². The molecule has 15 heavy (non-hydrogen) atoms. The number of rotatable bonds is 4. The van der Waals surface area contributed by atoms with Gasteiger partial charge >= 0.3 is 0 Å². The minimum absolute atomic E-state index is 0.0964. The molecule has 1 aromatic carbocycles. The van der Waals surface area contributed by atoms with E-state index in [0.717, 1.165) is 10.5 Å². The highest BCUT2D eigenvalue weighted by molar-refractivity contribution is 7.99. The molecule has 0 atom stereocenters. The number of amidine groups is 1. The molecule has 82 valence electrons. The van der Waals surface area contributed by atoms with Crippen molar-refractivity contribution in [1.82, 2.24) is 0 Å². The molecule has 0 aliphatic heterocycles. The monoisotopic (exact) mass is 226 g/mol. The van der Waals surface area contributed by atoms with Crippen molar-refractivity contribution < 1.29 is 10.3 Å². The van der Waals surface area contributed by atoms with Crippen molar-refractivity contribution >= 4 is 17.6 Å². The zero-order chi connectivity index (χ0) is 11.3. The molecule has 0 saturated heterocycles. The molecule has 5 heteroatoms. The molecule has 4 nitrogen and oxygen atoms in total. The summed E-state index contributed by atoms with van der Waals surface area (Å²) in [4.78, 5) is 0.907. The molecule has 0 spiro atoms. The van der Waals surface area contributed by atoms with Crippen molar-refractivity contribution in [1.29, 1.82) is 0 Å². The number of nitrogens with two attached hydrogens (primary N) is 1. The fourth-order valence-electron chi connectivity index (χ4n) is 1.18. The molecule has 0 aliphatic rings. The third-order valence-corrected chi connectivity index (χ3v) is 2.92. The summed E-state index contributed by atoms with van der Waals surface area (Å²) in [7, 11) is 0. The minimum Gasteiger partial charge on any atom is -0.409 e. The molecular weight excluding hydrogens is 212 g/mol. The lowest BCUT2D eigenvalue weighted by Crippen LogP contribution is -2.14. The molecule has 0 amide bonds. The molecule has 0 aliphatic carbocycles. The standard InChI is InChI=1S/C10H14N2O2S/c1-7-2-3-9(15-5-4-13)8(6-7)10(11)12-14/h2-3,6,13-14H,4-5H2,1H3,(H2,11,12). The van der Waals surface area contributed by atoms with Gasteiger partial charge in [-0.3, -0.25) is 0 Å². The van der Waals surface area contributed by atoms with Gasteiger partial charge in [0.15, 0.2) is 5.84 Å². The first-order chi connectivity index (χ1) is 7.19. The van der Waals surface area contributed by atoms with Crippen LogP contribution in [0.5, 0.6) is 0 Å². The van der Waals surface area contributed by atoms with Crippen LogP contribution in [0.1, 0.15) is 11.1 Å². The SMILES string of the molecule is Cc1ccc(SCCO)c(/C(N)=N/O)c1. The van der Waals surface area contributed by atoms with E-state index in [1.54, 1.807) is 0 Å². The number of thioether (sulfide) groups is 1. The summed E-state index contributed by atoms with van der Waals surface area (Å²) in [5.41, 5.74) is 7.31. The zero-order valence-electron chi connectivity index (χ0n) is 8.47. The highest BCUT2D eigenvalue weighted by atomic mass is 32.2. The second-order valence-electron chi connectivity index (χ2n) is 3.06. The summed E-state index contributed by atoms with van der Waals surface area (Å²) in [5.74, 6) is 0.688. The fourth-order valence-corrected chi connectivity index (χ4v) is 1.97. The molecule has 0 bridgehead atoms. The van der Waals surface area contributed by atoms with Gasteiger partial charge in [-0.25, -0.2) is 0 Å². The molecule has 1 rings (SSSR count). The maximum Gasteiger partial charge on any atom is 0.171 e. The first-order valence-corrected chi connectivity index (χ1v) is 5.49. The van der Waals surface area contributed by atoms with Crippen LogP contribution in [-0.4, -0.2) is 28.5 Å². The van der Waals surface area contributed by atoms with Gasteiger partial charge in [0.05, 0.1) is 6.61 Å². The average molecular weight is 226 g/mol. The van der Waals surface area contributed by atoms with Crippen LogP contribution in [0.2, 0.25) is 0 Å². The van der Waals surface area contributed by atoms with Crippen molar-refractivity contribution in [3.8, 4) is 0 Å². The highest BCUT2D eigenvalue weighted by Crippen LogP contribution is 2.23. The number of aliphatic hydroxyl groups is 1. The summed E-state index contributed by atoms with van der Waals surface area (Å²) in [6.07, 6.45) is 0. The Balaban J connectivity index is 3.03. The van der Waals surface area contributed by atoms with E-state index in [0.29, 0.717) is 11.3 Å². The lowest BCUT2D eigenvalue weighted by Gasteiger charge is -2.08. The van der Waals surface area contributed by atoms with Gasteiger partial charge in [-0.2, -0.15) is 0 Å². The van der Waals surface area contributed by atoms with Crippen LogP contribution in [0.15, 0.2) is 28.3 Å². The minimum atomic E-state index is 0.0964. The predicted octanol–water partition coefficient (Wildman–Crippen LogP) is 1.17. The molecule has 4 N–H and O–H groups in total. The van der Waals surface area contributed by atoms with Gasteiger partial charge in [0.25, 0.3) is 0 Å². The van der Waals surface area contributed by atoms with Crippen molar-refractivity contribution in [2.75, 3.05) is 12.4 Å². The largest absolute Gasteiger partial charge is 0.409 e. The average Bonchev–Trinajstić information content (AvgIpc) is 2.26. The number of aliphatic hydroxyl groups excluding tert-OH is 1. The Kier molecular flexibility index (Phi) is 4.45. The van der Waals surface area contributed by atoms with Crippen molar-refractivity contribution in [3.63, 3.8) is 0 Å². The highest BCUT2D eigenvalue weighted by Gasteiger charge is 2.07. The van der Waals surface area contributed by atoms with Crippen LogP contribution in [0, 0.1) is 6.92 Å². The Hall–Kier alpha value is -1.20. The van der Waals surface area contributed by atoms with E-state index in [1.165, 1.54) is 11.8 Å². The van der Waals surface area contributed by atoms with Gasteiger partial charge in [0.1, 0.15) is 0 Å². The van der Waals surface area contributed by atoms with Crippen molar-refractivity contribution in [3.05, 3.63) is 29.3 Å². The van der Waals surface area contributed by atoms with Crippen LogP contribution in [0.3, 0.4) is 0 Å². The first-order valence-electron chi connectivity index (χ1n) is 4.51. The van der Waals surface area contributed by atoms with E-state index in [-0.39, 0.29) is 12.4 Å². The Labute approximate surface area is 92.8 Å². The molecule has 0 unspecified atom stereocenters. The Bertz CT molecular complexity index is 366. The number of benzene rings is 1. The van der Waals surface area contributed by atoms with Gasteiger partial charge in [-0.05, 0) is 19.1 Å². The second kappa shape index (κ2) is 5.63. The normalized spacial score (nSPS) is 11.7. The molecule has 1 aromatic rings. The maximum absolute atomic E-state index is 8.74. The first kappa shape index (κ1) is 11.9. The van der Waals surface area contributed by atoms with E-state index in [9.17, 15) is 0 Å². The number of nitrogens with zero attached hydrogens (tertiary/aromatic N) is 1. The summed E-state index contributed by atoms with van der Waals surface area (Å²) in [6.45, 7) is 2.04. The topological polar surface area (TPSA) is 78.8 Å². The van der Waals surface area contributed by atoms with E-state index >= 15 is 0 Å². The van der Waals surface area contributed by atoms with E-state index in [1.807, 2.05) is 25.1 Å². The smallest absolute Gasteiger partial charge is 0.171 e. The summed E-state index contributed by atoms with van der Waals surface area (Å²) >= 11 is 1.48. The van der Waals surface area contributed by atoms with Crippen LogP contribution in [0.25, 0.3) is 0 Å². The van der Waals surface area contributed by atoms with E-state index < -0.39 is 0 Å². The number of hydrogen-bond acceptors (Lipinski definition) is 4. The number of aryl methyl sites for hydroxylation is 1. The lowest BCUT2D eigenvalue weighted by molar-refractivity contribution is 0.318. The molecule has 0 radical (unpaired) electrons. The van der Waals surface area contributed by atoms with Gasteiger partial charge < -0.3 is 16.0 Å². The van der Waals surface area contributed by atoms with E-state index in [4.69, 9.17) is 16.0 Å². The Morgan fingerprint density at radius 1 is 1.53 bits per heavy atom. The quantitative estimate of drug-likeness (QED) is 0.237. The fraction of sp³-hybridized carbons (Fsp3) is 0.300.